The van der Waals surface area contributed by atoms with E-state index < -0.39 is 0 Å². The zero-order valence-corrected chi connectivity index (χ0v) is 14.8. The number of piperidine rings is 1. The molecule has 0 saturated carbocycles. The molecule has 2 unspecified atom stereocenters. The first-order valence-corrected chi connectivity index (χ1v) is 8.37. The van der Waals surface area contributed by atoms with Crippen LogP contribution in [0.1, 0.15) is 48.0 Å². The molecule has 1 amide bonds. The van der Waals surface area contributed by atoms with Gasteiger partial charge in [0.2, 0.25) is 5.91 Å². The van der Waals surface area contributed by atoms with Crippen molar-refractivity contribution in [1.29, 1.82) is 0 Å². The van der Waals surface area contributed by atoms with Gasteiger partial charge in [0.25, 0.3) is 0 Å². The van der Waals surface area contributed by atoms with Gasteiger partial charge in [0.05, 0.1) is 0 Å². The third-order valence-corrected chi connectivity index (χ3v) is 4.22. The second-order valence-electron chi connectivity index (χ2n) is 8.12. The first-order valence-electron chi connectivity index (χ1n) is 8.37. The number of likely N-dealkylation sites (tertiary alicyclic amines) is 1. The number of nitrogens with one attached hydrogen (secondary N) is 2. The molecule has 1 aliphatic rings. The molecule has 1 saturated heterocycles. The van der Waals surface area contributed by atoms with Crippen LogP contribution in [0.25, 0.3) is 0 Å². The van der Waals surface area contributed by atoms with Crippen LogP contribution in [0.5, 0.6) is 0 Å². The molecule has 0 aromatic rings. The number of hydrogen-bond donors (Lipinski definition) is 2. The van der Waals surface area contributed by atoms with Crippen LogP contribution in [0, 0.1) is 17.3 Å². The third kappa shape index (κ3) is 7.82. The third-order valence-electron chi connectivity index (χ3n) is 4.22. The molecule has 0 bridgehead atoms. The highest BCUT2D eigenvalue weighted by atomic mass is 16.1. The molecule has 1 rings (SSSR count). The zero-order valence-electron chi connectivity index (χ0n) is 14.8. The Hall–Kier alpha value is -0.610. The summed E-state index contributed by atoms with van der Waals surface area (Å²) in [5, 5.41) is 6.65. The molecule has 21 heavy (non-hydrogen) atoms. The molecular formula is C17H35N3O. The van der Waals surface area contributed by atoms with E-state index in [4.69, 9.17) is 0 Å². The van der Waals surface area contributed by atoms with Crippen molar-refractivity contribution >= 4 is 5.91 Å². The predicted octanol–water partition coefficient (Wildman–Crippen LogP) is 2.10. The van der Waals surface area contributed by atoms with Gasteiger partial charge in [0.1, 0.15) is 0 Å². The summed E-state index contributed by atoms with van der Waals surface area (Å²) in [5.74, 6) is 1.52. The maximum Gasteiger partial charge on any atom is 0.216 e. The Morgan fingerprint density at radius 2 is 1.95 bits per heavy atom. The average Bonchev–Trinajstić information content (AvgIpc) is 2.35. The van der Waals surface area contributed by atoms with E-state index in [2.05, 4.69) is 50.2 Å². The highest BCUT2D eigenvalue weighted by Crippen LogP contribution is 2.24. The lowest BCUT2D eigenvalue weighted by molar-refractivity contribution is -0.119. The number of carbonyl (C=O) groups is 1. The van der Waals surface area contributed by atoms with Crippen LogP contribution in [-0.2, 0) is 4.79 Å². The van der Waals surface area contributed by atoms with Crippen molar-refractivity contribution in [3.05, 3.63) is 0 Å². The normalized spacial score (nSPS) is 24.3. The van der Waals surface area contributed by atoms with Crippen molar-refractivity contribution in [2.75, 3.05) is 32.7 Å². The van der Waals surface area contributed by atoms with Gasteiger partial charge in [-0.05, 0) is 23.7 Å². The van der Waals surface area contributed by atoms with Crippen LogP contribution in [0.4, 0.5) is 0 Å². The fourth-order valence-corrected chi connectivity index (χ4v) is 2.89. The van der Waals surface area contributed by atoms with Gasteiger partial charge in [-0.3, -0.25) is 9.69 Å². The minimum Gasteiger partial charge on any atom is -0.355 e. The van der Waals surface area contributed by atoms with Crippen LogP contribution < -0.4 is 10.6 Å². The van der Waals surface area contributed by atoms with Gasteiger partial charge < -0.3 is 10.6 Å². The van der Waals surface area contributed by atoms with Gasteiger partial charge in [-0.15, -0.1) is 0 Å². The Kier molecular flexibility index (Phi) is 7.14. The Bertz CT molecular complexity index is 322. The topological polar surface area (TPSA) is 44.4 Å². The monoisotopic (exact) mass is 297 g/mol. The molecule has 0 aliphatic carbocycles. The van der Waals surface area contributed by atoms with E-state index >= 15 is 0 Å². The summed E-state index contributed by atoms with van der Waals surface area (Å²) in [5.41, 5.74) is 0.325. The van der Waals surface area contributed by atoms with Crippen LogP contribution in [-0.4, -0.2) is 49.6 Å². The highest BCUT2D eigenvalue weighted by Gasteiger charge is 2.29. The molecule has 1 fully saturated rings. The quantitative estimate of drug-likeness (QED) is 0.789. The van der Waals surface area contributed by atoms with Crippen LogP contribution in [0.2, 0.25) is 0 Å². The van der Waals surface area contributed by atoms with Gasteiger partial charge in [-0.25, -0.2) is 0 Å². The van der Waals surface area contributed by atoms with E-state index in [1.165, 1.54) is 6.42 Å². The number of hydrogen-bond acceptors (Lipinski definition) is 3. The van der Waals surface area contributed by atoms with Crippen molar-refractivity contribution < 1.29 is 4.79 Å². The summed E-state index contributed by atoms with van der Waals surface area (Å²) < 4.78 is 0. The maximum atomic E-state index is 11.0. The summed E-state index contributed by atoms with van der Waals surface area (Å²) >= 11 is 0. The van der Waals surface area contributed by atoms with E-state index in [-0.39, 0.29) is 5.91 Å². The van der Waals surface area contributed by atoms with Crippen molar-refractivity contribution in [2.24, 2.45) is 17.3 Å². The zero-order chi connectivity index (χ0) is 16.0. The summed E-state index contributed by atoms with van der Waals surface area (Å²) in [6.45, 7) is 18.1. The summed E-state index contributed by atoms with van der Waals surface area (Å²) in [6.07, 6.45) is 1.27. The Balaban J connectivity index is 2.49. The molecule has 2 atom stereocenters. The smallest absolute Gasteiger partial charge is 0.216 e. The summed E-state index contributed by atoms with van der Waals surface area (Å²) in [7, 11) is 0. The minimum atomic E-state index is 0.0647. The average molecular weight is 297 g/mol. The second kappa shape index (κ2) is 8.14. The molecule has 0 aromatic heterocycles. The molecule has 4 heteroatoms. The number of amides is 1. The molecule has 0 spiro atoms. The fraction of sp³-hybridized carbons (Fsp3) is 0.941. The van der Waals surface area contributed by atoms with Gasteiger partial charge >= 0.3 is 0 Å². The van der Waals surface area contributed by atoms with Crippen molar-refractivity contribution in [1.82, 2.24) is 15.5 Å². The summed E-state index contributed by atoms with van der Waals surface area (Å²) in [4.78, 5) is 13.5. The number of nitrogens with zero attached hydrogens (tertiary/aromatic N) is 1. The standard InChI is InChI=1S/C17H35N3O/c1-13(2)15-9-16(19-12-17(4,5)6)11-20(10-15)8-7-18-14(3)21/h13,15-16,19H,7-12H2,1-6H3,(H,18,21). The lowest BCUT2D eigenvalue weighted by Gasteiger charge is -2.40. The van der Waals surface area contributed by atoms with Crippen LogP contribution in [0.15, 0.2) is 0 Å². The van der Waals surface area contributed by atoms with Crippen LogP contribution >= 0.6 is 0 Å². The second-order valence-corrected chi connectivity index (χ2v) is 8.12. The number of rotatable bonds is 6. The molecule has 124 valence electrons. The SMILES string of the molecule is CC(=O)NCCN1CC(NCC(C)(C)C)CC(C(C)C)C1. The van der Waals surface area contributed by atoms with E-state index in [0.717, 1.165) is 38.6 Å². The Labute approximate surface area is 131 Å². The first kappa shape index (κ1) is 18.4. The molecular weight excluding hydrogens is 262 g/mol. The molecule has 1 aliphatic heterocycles. The molecule has 4 nitrogen and oxygen atoms in total. The van der Waals surface area contributed by atoms with Crippen molar-refractivity contribution in [3.63, 3.8) is 0 Å². The minimum absolute atomic E-state index is 0.0647. The van der Waals surface area contributed by atoms with Crippen LogP contribution in [0.3, 0.4) is 0 Å². The molecule has 0 radical (unpaired) electrons. The molecule has 0 aromatic carbocycles. The highest BCUT2D eigenvalue weighted by molar-refractivity contribution is 5.72. The largest absolute Gasteiger partial charge is 0.355 e. The summed E-state index contributed by atoms with van der Waals surface area (Å²) in [6, 6.07) is 0.572. The first-order chi connectivity index (χ1) is 9.67. The fourth-order valence-electron chi connectivity index (χ4n) is 2.89. The van der Waals surface area contributed by atoms with E-state index in [0.29, 0.717) is 17.4 Å². The van der Waals surface area contributed by atoms with Gasteiger partial charge in [0, 0.05) is 45.7 Å². The maximum absolute atomic E-state index is 11.0. The lowest BCUT2D eigenvalue weighted by atomic mass is 9.85. The van der Waals surface area contributed by atoms with Gasteiger partial charge in [0.15, 0.2) is 0 Å². The van der Waals surface area contributed by atoms with Gasteiger partial charge in [-0.1, -0.05) is 34.6 Å². The van der Waals surface area contributed by atoms with E-state index in [1.807, 2.05) is 0 Å². The van der Waals surface area contributed by atoms with E-state index in [1.54, 1.807) is 6.92 Å². The number of carbonyl (C=O) groups excluding carboxylic acids is 1. The molecule has 2 N–H and O–H groups in total. The van der Waals surface area contributed by atoms with Gasteiger partial charge in [-0.2, -0.15) is 0 Å². The van der Waals surface area contributed by atoms with Crippen molar-refractivity contribution in [3.8, 4) is 0 Å². The van der Waals surface area contributed by atoms with Crippen molar-refractivity contribution in [2.45, 2.75) is 54.0 Å². The Morgan fingerprint density at radius 3 is 2.48 bits per heavy atom. The lowest BCUT2D eigenvalue weighted by Crippen LogP contribution is -2.52. The molecule has 1 heterocycles. The Morgan fingerprint density at radius 1 is 1.29 bits per heavy atom. The van der Waals surface area contributed by atoms with E-state index in [9.17, 15) is 4.79 Å². The predicted molar refractivity (Wildman–Crippen MR) is 89.3 cm³/mol.